The second-order valence-electron chi connectivity index (χ2n) is 8.15. The maximum Gasteiger partial charge on any atom is 0.410 e. The van der Waals surface area contributed by atoms with Crippen molar-refractivity contribution in [2.45, 2.75) is 45.3 Å². The van der Waals surface area contributed by atoms with Crippen LogP contribution >= 0.6 is 0 Å². The quantitative estimate of drug-likeness (QED) is 0.770. The Morgan fingerprint density at radius 1 is 1.17 bits per heavy atom. The van der Waals surface area contributed by atoms with Gasteiger partial charge in [-0.05, 0) is 32.9 Å². The second-order valence-corrected chi connectivity index (χ2v) is 8.15. The van der Waals surface area contributed by atoms with E-state index in [9.17, 15) is 18.4 Å². The molecule has 0 N–H and O–H groups in total. The van der Waals surface area contributed by atoms with E-state index < -0.39 is 23.3 Å². The molecule has 7 nitrogen and oxygen atoms in total. The summed E-state index contributed by atoms with van der Waals surface area (Å²) in [6.07, 6.45) is -0.511. The molecule has 0 aliphatic carbocycles. The molecule has 0 radical (unpaired) electrons. The van der Waals surface area contributed by atoms with E-state index in [2.05, 4.69) is 5.16 Å². The lowest BCUT2D eigenvalue weighted by atomic mass is 10.0. The normalized spacial score (nSPS) is 19.6. The molecule has 2 heterocycles. The van der Waals surface area contributed by atoms with Crippen molar-refractivity contribution in [1.29, 1.82) is 0 Å². The molecule has 1 saturated heterocycles. The predicted molar refractivity (Wildman–Crippen MR) is 101 cm³/mol. The van der Waals surface area contributed by atoms with Gasteiger partial charge in [0, 0.05) is 44.2 Å². The first kappa shape index (κ1) is 21.0. The molecule has 2 amide bonds. The lowest BCUT2D eigenvalue weighted by molar-refractivity contribution is -0.135. The molecule has 2 aliphatic heterocycles. The molecular weight excluding hydrogens is 384 g/mol. The number of rotatable bonds is 3. The fraction of sp³-hybridized carbons (Fsp3) is 0.550. The van der Waals surface area contributed by atoms with Crippen LogP contribution in [0.4, 0.5) is 13.6 Å². The van der Waals surface area contributed by atoms with Gasteiger partial charge in [-0.15, -0.1) is 0 Å². The van der Waals surface area contributed by atoms with Gasteiger partial charge in [0.2, 0.25) is 5.91 Å². The molecule has 1 aromatic rings. The number of ether oxygens (including phenoxy) is 1. The predicted octanol–water partition coefficient (Wildman–Crippen LogP) is 2.93. The van der Waals surface area contributed by atoms with Crippen LogP contribution in [0.15, 0.2) is 23.4 Å². The Morgan fingerprint density at radius 2 is 1.83 bits per heavy atom. The fourth-order valence-electron chi connectivity index (χ4n) is 3.21. The highest BCUT2D eigenvalue weighted by Crippen LogP contribution is 2.22. The van der Waals surface area contributed by atoms with Crippen LogP contribution in [-0.4, -0.2) is 65.4 Å². The molecule has 1 aromatic carbocycles. The van der Waals surface area contributed by atoms with Crippen molar-refractivity contribution in [3.63, 3.8) is 0 Å². The zero-order valence-electron chi connectivity index (χ0n) is 16.8. The van der Waals surface area contributed by atoms with Crippen molar-refractivity contribution < 1.29 is 27.9 Å². The number of carbonyl (C=O) groups excluding carboxylic acids is 2. The summed E-state index contributed by atoms with van der Waals surface area (Å²) in [7, 11) is 0. The van der Waals surface area contributed by atoms with E-state index in [1.807, 2.05) is 0 Å². The van der Waals surface area contributed by atoms with Gasteiger partial charge in [-0.3, -0.25) is 4.79 Å². The summed E-state index contributed by atoms with van der Waals surface area (Å²) in [5.41, 5.74) is -0.0340. The molecule has 0 bridgehead atoms. The van der Waals surface area contributed by atoms with Gasteiger partial charge in [-0.1, -0.05) is 5.16 Å². The highest BCUT2D eigenvalue weighted by atomic mass is 19.1. The summed E-state index contributed by atoms with van der Waals surface area (Å²) in [4.78, 5) is 33.2. The van der Waals surface area contributed by atoms with Crippen molar-refractivity contribution in [2.75, 3.05) is 26.2 Å². The summed E-state index contributed by atoms with van der Waals surface area (Å²) < 4.78 is 32.3. The average Bonchev–Trinajstić information content (AvgIpc) is 3.08. The Labute approximate surface area is 168 Å². The number of piperazine rings is 1. The first-order chi connectivity index (χ1) is 13.6. The topological polar surface area (TPSA) is 71.4 Å². The van der Waals surface area contributed by atoms with E-state index in [1.165, 1.54) is 6.07 Å². The average molecular weight is 409 g/mol. The third-order valence-corrected chi connectivity index (χ3v) is 4.66. The third kappa shape index (κ3) is 5.42. The second kappa shape index (κ2) is 8.34. The van der Waals surface area contributed by atoms with Crippen LogP contribution < -0.4 is 0 Å². The van der Waals surface area contributed by atoms with E-state index in [0.29, 0.717) is 31.9 Å². The molecule has 0 aromatic heterocycles. The standard InChI is InChI=1S/C20H25F2N3O4/c1-20(2,3)28-19(27)25-8-6-24(7-9-25)18(26)12-14-11-17(23-29-14)15-5-4-13(21)10-16(15)22/h4-5,10,14H,6-9,11-12H2,1-3H3. The fourth-order valence-corrected chi connectivity index (χ4v) is 3.21. The van der Waals surface area contributed by atoms with Crippen molar-refractivity contribution in [3.8, 4) is 0 Å². The van der Waals surface area contributed by atoms with Gasteiger partial charge in [-0.2, -0.15) is 0 Å². The van der Waals surface area contributed by atoms with Crippen molar-refractivity contribution in [2.24, 2.45) is 5.16 Å². The Bertz CT molecular complexity index is 814. The molecule has 29 heavy (non-hydrogen) atoms. The first-order valence-corrected chi connectivity index (χ1v) is 9.56. The van der Waals surface area contributed by atoms with E-state index in [4.69, 9.17) is 9.57 Å². The number of carbonyl (C=O) groups is 2. The minimum absolute atomic E-state index is 0.0995. The molecule has 1 unspecified atom stereocenters. The van der Waals surface area contributed by atoms with Gasteiger partial charge < -0.3 is 19.4 Å². The van der Waals surface area contributed by atoms with Crippen LogP contribution in [0.25, 0.3) is 0 Å². The first-order valence-electron chi connectivity index (χ1n) is 9.56. The Hall–Kier alpha value is -2.71. The minimum atomic E-state index is -0.711. The number of benzene rings is 1. The number of hydrogen-bond acceptors (Lipinski definition) is 5. The molecule has 1 atom stereocenters. The zero-order chi connectivity index (χ0) is 21.2. The molecule has 158 valence electrons. The van der Waals surface area contributed by atoms with Crippen molar-refractivity contribution >= 4 is 17.7 Å². The van der Waals surface area contributed by atoms with Gasteiger partial charge in [0.15, 0.2) is 0 Å². The van der Waals surface area contributed by atoms with Crippen LogP contribution in [0, 0.1) is 11.6 Å². The number of halogens is 2. The SMILES string of the molecule is CC(C)(C)OC(=O)N1CCN(C(=O)CC2CC(c3ccc(F)cc3F)=NO2)CC1. The summed E-state index contributed by atoms with van der Waals surface area (Å²) in [6, 6.07) is 3.26. The van der Waals surface area contributed by atoms with E-state index >= 15 is 0 Å². The van der Waals surface area contributed by atoms with Gasteiger partial charge in [0.25, 0.3) is 0 Å². The van der Waals surface area contributed by atoms with Crippen molar-refractivity contribution in [3.05, 3.63) is 35.4 Å². The van der Waals surface area contributed by atoms with Crippen LogP contribution in [0.3, 0.4) is 0 Å². The minimum Gasteiger partial charge on any atom is -0.444 e. The maximum atomic E-state index is 13.9. The van der Waals surface area contributed by atoms with Gasteiger partial charge in [0.1, 0.15) is 23.3 Å². The van der Waals surface area contributed by atoms with E-state index in [0.717, 1.165) is 12.1 Å². The van der Waals surface area contributed by atoms with Gasteiger partial charge >= 0.3 is 6.09 Å². The highest BCUT2D eigenvalue weighted by Gasteiger charge is 2.31. The molecule has 2 aliphatic rings. The Kier molecular flexibility index (Phi) is 6.04. The van der Waals surface area contributed by atoms with E-state index in [1.54, 1.807) is 30.6 Å². The van der Waals surface area contributed by atoms with Crippen LogP contribution in [0.5, 0.6) is 0 Å². The zero-order valence-corrected chi connectivity index (χ0v) is 16.8. The van der Waals surface area contributed by atoms with Crippen LogP contribution in [0.2, 0.25) is 0 Å². The number of amides is 2. The van der Waals surface area contributed by atoms with Crippen LogP contribution in [-0.2, 0) is 14.4 Å². The van der Waals surface area contributed by atoms with Gasteiger partial charge in [-0.25, -0.2) is 13.6 Å². The number of hydrogen-bond donors (Lipinski definition) is 0. The molecule has 3 rings (SSSR count). The maximum absolute atomic E-state index is 13.9. The highest BCUT2D eigenvalue weighted by molar-refractivity contribution is 6.01. The Balaban J connectivity index is 1.47. The van der Waals surface area contributed by atoms with Gasteiger partial charge in [0.05, 0.1) is 12.1 Å². The molecule has 0 saturated carbocycles. The number of oxime groups is 1. The van der Waals surface area contributed by atoms with Crippen molar-refractivity contribution in [1.82, 2.24) is 9.80 Å². The number of nitrogens with zero attached hydrogens (tertiary/aromatic N) is 3. The molecule has 9 heteroatoms. The smallest absolute Gasteiger partial charge is 0.410 e. The summed E-state index contributed by atoms with van der Waals surface area (Å²) in [5, 5.41) is 3.86. The summed E-state index contributed by atoms with van der Waals surface area (Å²) in [6.45, 7) is 7.03. The molecular formula is C20H25F2N3O4. The molecule has 1 fully saturated rings. The lowest BCUT2D eigenvalue weighted by Gasteiger charge is -2.35. The Morgan fingerprint density at radius 3 is 2.45 bits per heavy atom. The van der Waals surface area contributed by atoms with Crippen LogP contribution in [0.1, 0.15) is 39.2 Å². The van der Waals surface area contributed by atoms with E-state index in [-0.39, 0.29) is 30.4 Å². The monoisotopic (exact) mass is 409 g/mol. The molecule has 0 spiro atoms. The lowest BCUT2D eigenvalue weighted by Crippen LogP contribution is -2.52. The summed E-state index contributed by atoms with van der Waals surface area (Å²) in [5.74, 6) is -1.49. The largest absolute Gasteiger partial charge is 0.444 e. The summed E-state index contributed by atoms with van der Waals surface area (Å²) >= 11 is 0. The third-order valence-electron chi connectivity index (χ3n) is 4.66.